The summed E-state index contributed by atoms with van der Waals surface area (Å²) in [6.45, 7) is 0.468. The van der Waals surface area contributed by atoms with Gasteiger partial charge in [0.2, 0.25) is 0 Å². The van der Waals surface area contributed by atoms with Crippen LogP contribution in [0.4, 0.5) is 0 Å². The summed E-state index contributed by atoms with van der Waals surface area (Å²) in [7, 11) is 0. The van der Waals surface area contributed by atoms with E-state index in [4.69, 9.17) is 5.11 Å². The van der Waals surface area contributed by atoms with Gasteiger partial charge < -0.3 is 9.84 Å². The zero-order chi connectivity index (χ0) is 10.2. The summed E-state index contributed by atoms with van der Waals surface area (Å²) in [5.41, 5.74) is 0. The van der Waals surface area contributed by atoms with Gasteiger partial charge in [-0.05, 0) is 18.9 Å². The number of aromatic nitrogens is 2. The first-order valence-corrected chi connectivity index (χ1v) is 4.35. The molecule has 5 heteroatoms. The summed E-state index contributed by atoms with van der Waals surface area (Å²) < 4.78 is 4.50. The summed E-state index contributed by atoms with van der Waals surface area (Å²) in [6.07, 6.45) is 5.36. The second-order valence-corrected chi connectivity index (χ2v) is 2.73. The van der Waals surface area contributed by atoms with Crippen molar-refractivity contribution >= 4 is 5.97 Å². The molecule has 1 aromatic heterocycles. The summed E-state index contributed by atoms with van der Waals surface area (Å²) in [5, 5.41) is 8.70. The molecule has 0 amide bonds. The molecular formula is C9H12N2O3. The molecule has 1 saturated heterocycles. The largest absolute Gasteiger partial charge is 0.464 e. The highest BCUT2D eigenvalue weighted by Gasteiger charge is 2.19. The SMILES string of the molecule is O=C1OCCCC1O.c1cncnc1. The fourth-order valence-electron chi connectivity index (χ4n) is 0.917. The van der Waals surface area contributed by atoms with Crippen LogP contribution in [-0.4, -0.2) is 33.8 Å². The average Bonchev–Trinajstić information content (AvgIpc) is 2.26. The van der Waals surface area contributed by atoms with E-state index in [9.17, 15) is 4.79 Å². The van der Waals surface area contributed by atoms with E-state index in [1.165, 1.54) is 6.33 Å². The molecule has 1 atom stereocenters. The van der Waals surface area contributed by atoms with Crippen molar-refractivity contribution in [1.82, 2.24) is 9.97 Å². The lowest BCUT2D eigenvalue weighted by Gasteiger charge is -2.14. The fraction of sp³-hybridized carbons (Fsp3) is 0.444. The van der Waals surface area contributed by atoms with E-state index in [0.717, 1.165) is 6.42 Å². The van der Waals surface area contributed by atoms with Gasteiger partial charge in [0.05, 0.1) is 6.61 Å². The molecule has 2 rings (SSSR count). The standard InChI is InChI=1S/C5H8O3.C4H4N2/c6-4-2-1-3-8-5(4)7;1-2-5-4-6-3-1/h4,6H,1-3H2;1-4H. The molecule has 1 aromatic rings. The third-order valence-corrected chi connectivity index (χ3v) is 1.62. The Morgan fingerprint density at radius 1 is 1.43 bits per heavy atom. The van der Waals surface area contributed by atoms with Gasteiger partial charge in [-0.1, -0.05) is 0 Å². The number of hydrogen-bond donors (Lipinski definition) is 1. The topological polar surface area (TPSA) is 72.3 Å². The highest BCUT2D eigenvalue weighted by atomic mass is 16.5. The number of rotatable bonds is 0. The lowest BCUT2D eigenvalue weighted by molar-refractivity contribution is -0.158. The summed E-state index contributed by atoms with van der Waals surface area (Å²) >= 11 is 0. The minimum Gasteiger partial charge on any atom is -0.464 e. The third-order valence-electron chi connectivity index (χ3n) is 1.62. The molecule has 5 nitrogen and oxygen atoms in total. The van der Waals surface area contributed by atoms with Crippen molar-refractivity contribution < 1.29 is 14.6 Å². The van der Waals surface area contributed by atoms with Crippen LogP contribution in [0.15, 0.2) is 24.8 Å². The maximum Gasteiger partial charge on any atom is 0.334 e. The molecular weight excluding hydrogens is 184 g/mol. The summed E-state index contributed by atoms with van der Waals surface area (Å²) in [6, 6.07) is 1.78. The zero-order valence-electron chi connectivity index (χ0n) is 7.67. The Hall–Kier alpha value is -1.49. The van der Waals surface area contributed by atoms with Crippen LogP contribution in [0.1, 0.15) is 12.8 Å². The molecule has 0 saturated carbocycles. The van der Waals surface area contributed by atoms with E-state index in [-0.39, 0.29) is 0 Å². The highest BCUT2D eigenvalue weighted by Crippen LogP contribution is 2.05. The number of nitrogens with zero attached hydrogens (tertiary/aromatic N) is 2. The van der Waals surface area contributed by atoms with Crippen molar-refractivity contribution in [2.45, 2.75) is 18.9 Å². The first kappa shape index (κ1) is 10.6. The van der Waals surface area contributed by atoms with Crippen LogP contribution in [0.25, 0.3) is 0 Å². The van der Waals surface area contributed by atoms with Gasteiger partial charge in [-0.15, -0.1) is 0 Å². The number of carbonyl (C=O) groups is 1. The first-order chi connectivity index (χ1) is 6.80. The van der Waals surface area contributed by atoms with E-state index in [1.807, 2.05) is 0 Å². The van der Waals surface area contributed by atoms with E-state index < -0.39 is 12.1 Å². The predicted octanol–water partition coefficient (Wildman–Crippen LogP) is 0.161. The van der Waals surface area contributed by atoms with E-state index in [1.54, 1.807) is 18.5 Å². The van der Waals surface area contributed by atoms with E-state index in [0.29, 0.717) is 13.0 Å². The van der Waals surface area contributed by atoms with Gasteiger partial charge >= 0.3 is 5.97 Å². The number of hydrogen-bond acceptors (Lipinski definition) is 5. The molecule has 14 heavy (non-hydrogen) atoms. The molecule has 1 aliphatic heterocycles. The number of aliphatic hydroxyl groups is 1. The Labute approximate surface area is 81.8 Å². The van der Waals surface area contributed by atoms with Crippen molar-refractivity contribution in [3.8, 4) is 0 Å². The number of cyclic esters (lactones) is 1. The fourth-order valence-corrected chi connectivity index (χ4v) is 0.917. The predicted molar refractivity (Wildman–Crippen MR) is 48.2 cm³/mol. The Balaban J connectivity index is 0.000000146. The maximum absolute atomic E-state index is 10.3. The normalized spacial score (nSPS) is 20.4. The minimum atomic E-state index is -0.858. The van der Waals surface area contributed by atoms with Crippen molar-refractivity contribution in [3.63, 3.8) is 0 Å². The monoisotopic (exact) mass is 196 g/mol. The molecule has 1 fully saturated rings. The van der Waals surface area contributed by atoms with Gasteiger partial charge in [0.25, 0.3) is 0 Å². The minimum absolute atomic E-state index is 0.468. The Kier molecular flexibility index (Phi) is 4.57. The average molecular weight is 196 g/mol. The van der Waals surface area contributed by atoms with Crippen molar-refractivity contribution in [1.29, 1.82) is 0 Å². The molecule has 2 heterocycles. The van der Waals surface area contributed by atoms with Crippen LogP contribution in [0.2, 0.25) is 0 Å². The third kappa shape index (κ3) is 3.95. The molecule has 0 bridgehead atoms. The molecule has 0 spiro atoms. The van der Waals surface area contributed by atoms with E-state index in [2.05, 4.69) is 14.7 Å². The van der Waals surface area contributed by atoms with Gasteiger partial charge in [-0.25, -0.2) is 14.8 Å². The lowest BCUT2D eigenvalue weighted by atomic mass is 10.2. The molecule has 0 radical (unpaired) electrons. The second-order valence-electron chi connectivity index (χ2n) is 2.73. The number of aliphatic hydroxyl groups excluding tert-OH is 1. The van der Waals surface area contributed by atoms with Crippen LogP contribution in [0.3, 0.4) is 0 Å². The molecule has 76 valence electrons. The van der Waals surface area contributed by atoms with Crippen molar-refractivity contribution in [2.75, 3.05) is 6.61 Å². The molecule has 0 aromatic carbocycles. The second kappa shape index (κ2) is 6.04. The van der Waals surface area contributed by atoms with Gasteiger partial charge in [0.15, 0.2) is 6.10 Å². The number of ether oxygens (including phenoxy) is 1. The zero-order valence-corrected chi connectivity index (χ0v) is 7.67. The van der Waals surface area contributed by atoms with Crippen LogP contribution in [-0.2, 0) is 9.53 Å². The lowest BCUT2D eigenvalue weighted by Crippen LogP contribution is -2.28. The Morgan fingerprint density at radius 2 is 2.14 bits per heavy atom. The Bertz CT molecular complexity index is 239. The quantitative estimate of drug-likeness (QED) is 0.598. The highest BCUT2D eigenvalue weighted by molar-refractivity contribution is 5.74. The number of esters is 1. The van der Waals surface area contributed by atoms with Crippen LogP contribution in [0.5, 0.6) is 0 Å². The summed E-state index contributed by atoms with van der Waals surface area (Å²) in [5.74, 6) is -0.476. The summed E-state index contributed by atoms with van der Waals surface area (Å²) in [4.78, 5) is 17.7. The van der Waals surface area contributed by atoms with Gasteiger partial charge in [0.1, 0.15) is 6.33 Å². The molecule has 1 N–H and O–H groups in total. The van der Waals surface area contributed by atoms with Gasteiger partial charge in [-0.3, -0.25) is 0 Å². The molecule has 1 unspecified atom stereocenters. The van der Waals surface area contributed by atoms with E-state index >= 15 is 0 Å². The van der Waals surface area contributed by atoms with Crippen LogP contribution >= 0.6 is 0 Å². The van der Waals surface area contributed by atoms with Crippen molar-refractivity contribution in [3.05, 3.63) is 24.8 Å². The molecule has 1 aliphatic rings. The van der Waals surface area contributed by atoms with Gasteiger partial charge in [0, 0.05) is 12.4 Å². The molecule has 0 aliphatic carbocycles. The van der Waals surface area contributed by atoms with Gasteiger partial charge in [-0.2, -0.15) is 0 Å². The Morgan fingerprint density at radius 3 is 2.43 bits per heavy atom. The first-order valence-electron chi connectivity index (χ1n) is 4.35. The number of carbonyl (C=O) groups excluding carboxylic acids is 1. The van der Waals surface area contributed by atoms with Crippen molar-refractivity contribution in [2.24, 2.45) is 0 Å². The van der Waals surface area contributed by atoms with Crippen LogP contribution in [0, 0.1) is 0 Å². The maximum atomic E-state index is 10.3. The smallest absolute Gasteiger partial charge is 0.334 e. The van der Waals surface area contributed by atoms with Crippen LogP contribution < -0.4 is 0 Å².